The third kappa shape index (κ3) is 4.13. The smallest absolute Gasteiger partial charge is 0.0708 e. The van der Waals surface area contributed by atoms with Crippen LogP contribution in [0.3, 0.4) is 0 Å². The van der Waals surface area contributed by atoms with E-state index in [0.29, 0.717) is 5.92 Å². The van der Waals surface area contributed by atoms with E-state index >= 15 is 0 Å². The summed E-state index contributed by atoms with van der Waals surface area (Å²) in [5, 5.41) is 0. The number of pyridine rings is 1. The lowest BCUT2D eigenvalue weighted by atomic mass is 9.79. The van der Waals surface area contributed by atoms with Crippen molar-refractivity contribution in [3.8, 4) is 33.5 Å². The molecule has 0 fully saturated rings. The summed E-state index contributed by atoms with van der Waals surface area (Å²) in [6, 6.07) is 39.3. The van der Waals surface area contributed by atoms with E-state index in [2.05, 4.69) is 128 Å². The average molecular weight is 503 g/mol. The number of rotatable bonds is 4. The minimum absolute atomic E-state index is 0.0826. The van der Waals surface area contributed by atoms with E-state index in [-0.39, 0.29) is 5.41 Å². The molecule has 2 aliphatic rings. The summed E-state index contributed by atoms with van der Waals surface area (Å²) in [5.41, 5.74) is 13.7. The first-order valence-corrected chi connectivity index (χ1v) is 13.7. The van der Waals surface area contributed by atoms with Crippen LogP contribution < -0.4 is 0 Å². The third-order valence-electron chi connectivity index (χ3n) is 8.36. The quantitative estimate of drug-likeness (QED) is 0.240. The van der Waals surface area contributed by atoms with Crippen LogP contribution >= 0.6 is 0 Å². The molecule has 2 heterocycles. The van der Waals surface area contributed by atoms with Crippen molar-refractivity contribution in [1.29, 1.82) is 0 Å². The molecule has 1 atom stereocenters. The summed E-state index contributed by atoms with van der Waals surface area (Å²) in [6.45, 7) is 4.72. The normalized spacial score (nSPS) is 16.9. The largest absolute Gasteiger partial charge is 0.261 e. The molecule has 0 saturated heterocycles. The van der Waals surface area contributed by atoms with Gasteiger partial charge in [0.05, 0.1) is 5.69 Å². The van der Waals surface area contributed by atoms with Gasteiger partial charge in [0.2, 0.25) is 0 Å². The summed E-state index contributed by atoms with van der Waals surface area (Å²) < 4.78 is 0. The SMILES string of the molecule is CC1(C)c2cc(-c3ccnc(-c4ccccc4)c3)ccc2-c2ccc(C3C=CN=C(c4ccccc4)C3)cc21. The number of aliphatic imine (C=N–C) groups is 1. The Bertz CT molecular complexity index is 1740. The van der Waals surface area contributed by atoms with Gasteiger partial charge in [-0.15, -0.1) is 0 Å². The van der Waals surface area contributed by atoms with Crippen molar-refractivity contribution >= 4 is 5.71 Å². The molecule has 0 amide bonds. The fourth-order valence-corrected chi connectivity index (χ4v) is 6.16. The monoisotopic (exact) mass is 502 g/mol. The zero-order chi connectivity index (χ0) is 26.4. The first-order valence-electron chi connectivity index (χ1n) is 13.7. The van der Waals surface area contributed by atoms with Gasteiger partial charge < -0.3 is 0 Å². The molecule has 2 heteroatoms. The predicted molar refractivity (Wildman–Crippen MR) is 162 cm³/mol. The Morgan fingerprint density at radius 2 is 1.31 bits per heavy atom. The van der Waals surface area contributed by atoms with Gasteiger partial charge in [-0.2, -0.15) is 0 Å². The molecule has 0 N–H and O–H groups in total. The second-order valence-corrected chi connectivity index (χ2v) is 11.1. The maximum absolute atomic E-state index is 4.70. The van der Waals surface area contributed by atoms with E-state index in [4.69, 9.17) is 4.99 Å². The van der Waals surface area contributed by atoms with Crippen molar-refractivity contribution in [1.82, 2.24) is 4.98 Å². The van der Waals surface area contributed by atoms with Crippen LogP contribution in [0.5, 0.6) is 0 Å². The van der Waals surface area contributed by atoms with E-state index in [9.17, 15) is 0 Å². The summed E-state index contributed by atoms with van der Waals surface area (Å²) in [5.74, 6) is 0.325. The van der Waals surface area contributed by atoms with E-state index in [1.54, 1.807) is 0 Å². The van der Waals surface area contributed by atoms with Gasteiger partial charge in [0.25, 0.3) is 0 Å². The molecule has 1 aliphatic heterocycles. The standard InChI is InChI=1S/C37H30N2/c1-37(2)33-21-27(29-17-19-38-35(23-29)25-9-5-3-6-10-25)13-15-31(33)32-16-14-28(22-34(32)37)30-18-20-39-36(24-30)26-11-7-4-8-12-26/h3-23,30H,24H2,1-2H3. The van der Waals surface area contributed by atoms with Crippen LogP contribution in [-0.4, -0.2) is 10.7 Å². The van der Waals surface area contributed by atoms with Crippen molar-refractivity contribution in [3.05, 3.63) is 150 Å². The van der Waals surface area contributed by atoms with Crippen LogP contribution in [0.2, 0.25) is 0 Å². The Kier molecular flexibility index (Phi) is 5.63. The first-order chi connectivity index (χ1) is 19.1. The van der Waals surface area contributed by atoms with Gasteiger partial charge in [0, 0.05) is 41.4 Å². The van der Waals surface area contributed by atoms with Crippen molar-refractivity contribution in [3.63, 3.8) is 0 Å². The molecular weight excluding hydrogens is 472 g/mol. The Morgan fingerprint density at radius 3 is 2.08 bits per heavy atom. The molecule has 1 aromatic heterocycles. The second-order valence-electron chi connectivity index (χ2n) is 11.1. The summed E-state index contributed by atoms with van der Waals surface area (Å²) in [4.78, 5) is 9.34. The fourth-order valence-electron chi connectivity index (χ4n) is 6.16. The zero-order valence-electron chi connectivity index (χ0n) is 22.3. The highest BCUT2D eigenvalue weighted by Gasteiger charge is 2.36. The molecule has 0 radical (unpaired) electrons. The molecule has 188 valence electrons. The molecule has 7 rings (SSSR count). The minimum atomic E-state index is -0.0826. The van der Waals surface area contributed by atoms with Gasteiger partial charge >= 0.3 is 0 Å². The molecular formula is C37H30N2. The van der Waals surface area contributed by atoms with Crippen LogP contribution in [0.15, 0.2) is 133 Å². The number of allylic oxidation sites excluding steroid dienone is 1. The molecule has 5 aromatic rings. The topological polar surface area (TPSA) is 25.2 Å². The molecule has 4 aromatic carbocycles. The van der Waals surface area contributed by atoms with Crippen LogP contribution in [0.4, 0.5) is 0 Å². The van der Waals surface area contributed by atoms with Crippen molar-refractivity contribution in [2.45, 2.75) is 31.6 Å². The van der Waals surface area contributed by atoms with E-state index in [1.807, 2.05) is 18.5 Å². The predicted octanol–water partition coefficient (Wildman–Crippen LogP) is 9.21. The Balaban J connectivity index is 1.21. The Labute approximate surface area is 230 Å². The van der Waals surface area contributed by atoms with Crippen LogP contribution in [0.25, 0.3) is 33.5 Å². The Hall–Kier alpha value is -4.56. The zero-order valence-corrected chi connectivity index (χ0v) is 22.3. The maximum atomic E-state index is 4.70. The second kappa shape index (κ2) is 9.32. The van der Waals surface area contributed by atoms with Crippen LogP contribution in [-0.2, 0) is 5.41 Å². The van der Waals surface area contributed by atoms with Crippen molar-refractivity contribution in [2.24, 2.45) is 4.99 Å². The average Bonchev–Trinajstić information content (AvgIpc) is 3.23. The molecule has 0 saturated carbocycles. The van der Waals surface area contributed by atoms with Crippen molar-refractivity contribution in [2.75, 3.05) is 0 Å². The number of hydrogen-bond donors (Lipinski definition) is 0. The highest BCUT2D eigenvalue weighted by atomic mass is 14.7. The maximum Gasteiger partial charge on any atom is 0.0708 e. The lowest BCUT2D eigenvalue weighted by molar-refractivity contribution is 0.658. The number of nitrogens with zero attached hydrogens (tertiary/aromatic N) is 2. The van der Waals surface area contributed by atoms with Gasteiger partial charge in [0.15, 0.2) is 0 Å². The summed E-state index contributed by atoms with van der Waals surface area (Å²) in [6.07, 6.45) is 7.06. The third-order valence-corrected chi connectivity index (χ3v) is 8.36. The lowest BCUT2D eigenvalue weighted by Crippen LogP contribution is -2.16. The van der Waals surface area contributed by atoms with Gasteiger partial charge in [-0.3, -0.25) is 9.98 Å². The number of benzene rings is 4. The number of hydrogen-bond acceptors (Lipinski definition) is 2. The summed E-state index contributed by atoms with van der Waals surface area (Å²) >= 11 is 0. The van der Waals surface area contributed by atoms with E-state index < -0.39 is 0 Å². The minimum Gasteiger partial charge on any atom is -0.261 e. The van der Waals surface area contributed by atoms with Crippen LogP contribution in [0, 0.1) is 0 Å². The van der Waals surface area contributed by atoms with Gasteiger partial charge in [-0.25, -0.2) is 0 Å². The summed E-state index contributed by atoms with van der Waals surface area (Å²) in [7, 11) is 0. The van der Waals surface area contributed by atoms with Crippen molar-refractivity contribution < 1.29 is 0 Å². The number of fused-ring (bicyclic) bond motifs is 3. The molecule has 2 nitrogen and oxygen atoms in total. The van der Waals surface area contributed by atoms with Gasteiger partial charge in [-0.1, -0.05) is 111 Å². The fraction of sp³-hybridized carbons (Fsp3) is 0.135. The van der Waals surface area contributed by atoms with Gasteiger partial charge in [0.1, 0.15) is 0 Å². The lowest BCUT2D eigenvalue weighted by Gasteiger charge is -2.24. The van der Waals surface area contributed by atoms with E-state index in [1.165, 1.54) is 44.5 Å². The molecule has 0 bridgehead atoms. The highest BCUT2D eigenvalue weighted by Crippen LogP contribution is 2.50. The highest BCUT2D eigenvalue weighted by molar-refractivity contribution is 6.02. The molecule has 0 spiro atoms. The Morgan fingerprint density at radius 1 is 0.641 bits per heavy atom. The number of aromatic nitrogens is 1. The van der Waals surface area contributed by atoms with Crippen LogP contribution in [0.1, 0.15) is 48.4 Å². The van der Waals surface area contributed by atoms with Gasteiger partial charge in [-0.05, 0) is 62.7 Å². The van der Waals surface area contributed by atoms with E-state index in [0.717, 1.165) is 23.4 Å². The first kappa shape index (κ1) is 23.5. The molecule has 1 unspecified atom stereocenters. The molecule has 39 heavy (non-hydrogen) atoms. The molecule has 1 aliphatic carbocycles.